The maximum Gasteiger partial charge on any atom is 0.191 e. The van der Waals surface area contributed by atoms with Gasteiger partial charge in [-0.15, -0.1) is 0 Å². The van der Waals surface area contributed by atoms with Crippen molar-refractivity contribution >= 4 is 5.96 Å². The zero-order valence-electron chi connectivity index (χ0n) is 15.3. The molecule has 1 atom stereocenters. The van der Waals surface area contributed by atoms with Crippen molar-refractivity contribution in [3.63, 3.8) is 0 Å². The molecule has 0 aliphatic heterocycles. The van der Waals surface area contributed by atoms with Gasteiger partial charge in [-0.2, -0.15) is 0 Å². The minimum absolute atomic E-state index is 0.374. The van der Waals surface area contributed by atoms with Gasteiger partial charge in [-0.3, -0.25) is 4.99 Å². The number of hydrogen-bond acceptors (Lipinski definition) is 4. The molecule has 1 heterocycles. The normalized spacial score (nSPS) is 12.8. The van der Waals surface area contributed by atoms with Crippen LogP contribution in [0.5, 0.6) is 0 Å². The summed E-state index contributed by atoms with van der Waals surface area (Å²) in [5, 5.41) is 10.5. The van der Waals surface area contributed by atoms with Crippen LogP contribution in [0.25, 0.3) is 0 Å². The maximum atomic E-state index is 5.77. The maximum absolute atomic E-state index is 5.77. The summed E-state index contributed by atoms with van der Waals surface area (Å²) in [5.41, 5.74) is 2.16. The molecular weight excluding hydrogens is 316 g/mol. The van der Waals surface area contributed by atoms with E-state index in [1.165, 1.54) is 5.56 Å². The Bertz CT molecular complexity index is 640. The molecule has 0 amide bonds. The Morgan fingerprint density at radius 1 is 1.28 bits per heavy atom. The van der Waals surface area contributed by atoms with E-state index in [0.717, 1.165) is 30.4 Å². The number of rotatable bonds is 9. The summed E-state index contributed by atoms with van der Waals surface area (Å²) in [4.78, 5) is 4.22. The van der Waals surface area contributed by atoms with Crippen LogP contribution in [0.4, 0.5) is 0 Å². The third kappa shape index (κ3) is 6.97. The second-order valence-corrected chi connectivity index (χ2v) is 6.05. The fourth-order valence-electron chi connectivity index (χ4n) is 2.28. The highest BCUT2D eigenvalue weighted by Crippen LogP contribution is 2.04. The van der Waals surface area contributed by atoms with Gasteiger partial charge in [-0.25, -0.2) is 0 Å². The first-order valence-corrected chi connectivity index (χ1v) is 8.72. The highest BCUT2D eigenvalue weighted by molar-refractivity contribution is 5.79. The van der Waals surface area contributed by atoms with Crippen molar-refractivity contribution in [3.05, 3.63) is 53.4 Å². The molecule has 6 nitrogen and oxygen atoms in total. The van der Waals surface area contributed by atoms with Crippen molar-refractivity contribution < 1.29 is 9.26 Å². The van der Waals surface area contributed by atoms with E-state index in [-0.39, 0.29) is 0 Å². The average Bonchev–Trinajstić information content (AvgIpc) is 3.11. The molecule has 0 saturated heterocycles. The van der Waals surface area contributed by atoms with Crippen LogP contribution in [0, 0.1) is 5.92 Å². The Hall–Kier alpha value is -2.34. The molecule has 0 fully saturated rings. The number of aliphatic imine (C=N–C) groups is 1. The van der Waals surface area contributed by atoms with Gasteiger partial charge in [0.1, 0.15) is 0 Å². The molecule has 2 rings (SSSR count). The SMILES string of the molecule is CCc1cc(CNC(=NC)NCC(C)COCc2ccccc2)on1. The molecule has 1 unspecified atom stereocenters. The lowest BCUT2D eigenvalue weighted by molar-refractivity contribution is 0.0931. The van der Waals surface area contributed by atoms with Gasteiger partial charge in [-0.1, -0.05) is 49.3 Å². The number of aromatic nitrogens is 1. The fourth-order valence-corrected chi connectivity index (χ4v) is 2.28. The topological polar surface area (TPSA) is 71.7 Å². The van der Waals surface area contributed by atoms with Gasteiger partial charge < -0.3 is 19.9 Å². The van der Waals surface area contributed by atoms with Gasteiger partial charge in [-0.05, 0) is 17.9 Å². The Labute approximate surface area is 149 Å². The van der Waals surface area contributed by atoms with Crippen molar-refractivity contribution in [2.45, 2.75) is 33.4 Å². The molecule has 0 aliphatic carbocycles. The number of aryl methyl sites for hydroxylation is 1. The molecule has 0 aliphatic rings. The van der Waals surface area contributed by atoms with E-state index in [2.05, 4.69) is 46.8 Å². The van der Waals surface area contributed by atoms with Gasteiger partial charge in [0, 0.05) is 19.7 Å². The van der Waals surface area contributed by atoms with Crippen LogP contribution >= 0.6 is 0 Å². The fraction of sp³-hybridized carbons (Fsp3) is 0.474. The molecule has 0 bridgehead atoms. The van der Waals surface area contributed by atoms with Crippen LogP contribution in [0.3, 0.4) is 0 Å². The first-order valence-electron chi connectivity index (χ1n) is 8.72. The van der Waals surface area contributed by atoms with Gasteiger partial charge in [0.05, 0.1) is 25.5 Å². The second kappa shape index (κ2) is 10.5. The summed E-state index contributed by atoms with van der Waals surface area (Å²) in [6, 6.07) is 12.2. The van der Waals surface area contributed by atoms with E-state index in [0.29, 0.717) is 25.7 Å². The molecule has 136 valence electrons. The van der Waals surface area contributed by atoms with Crippen LogP contribution in [0.1, 0.15) is 30.9 Å². The van der Waals surface area contributed by atoms with Crippen LogP contribution < -0.4 is 10.6 Å². The Kier molecular flexibility index (Phi) is 7.98. The molecule has 25 heavy (non-hydrogen) atoms. The van der Waals surface area contributed by atoms with E-state index in [1.54, 1.807) is 7.05 Å². The number of hydrogen-bond donors (Lipinski definition) is 2. The van der Waals surface area contributed by atoms with Crippen molar-refractivity contribution in [1.82, 2.24) is 15.8 Å². The zero-order chi connectivity index (χ0) is 17.9. The Morgan fingerprint density at radius 3 is 2.76 bits per heavy atom. The highest BCUT2D eigenvalue weighted by atomic mass is 16.5. The summed E-state index contributed by atoms with van der Waals surface area (Å²) in [5.74, 6) is 1.92. The minimum atomic E-state index is 0.374. The van der Waals surface area contributed by atoms with Crippen LogP contribution in [-0.2, 0) is 24.3 Å². The third-order valence-electron chi connectivity index (χ3n) is 3.76. The van der Waals surface area contributed by atoms with Crippen molar-refractivity contribution in [2.24, 2.45) is 10.9 Å². The molecular formula is C19H28N4O2. The Morgan fingerprint density at radius 2 is 2.08 bits per heavy atom. The summed E-state index contributed by atoms with van der Waals surface area (Å²) >= 11 is 0. The van der Waals surface area contributed by atoms with Crippen LogP contribution in [0.2, 0.25) is 0 Å². The van der Waals surface area contributed by atoms with Gasteiger partial charge in [0.2, 0.25) is 0 Å². The molecule has 1 aromatic carbocycles. The van der Waals surface area contributed by atoms with E-state index in [9.17, 15) is 0 Å². The van der Waals surface area contributed by atoms with E-state index >= 15 is 0 Å². The smallest absolute Gasteiger partial charge is 0.191 e. The predicted octanol–water partition coefficient (Wildman–Crippen LogP) is 2.75. The molecule has 0 spiro atoms. The summed E-state index contributed by atoms with van der Waals surface area (Å²) in [6.07, 6.45) is 0.872. The van der Waals surface area contributed by atoms with E-state index in [4.69, 9.17) is 9.26 Å². The monoisotopic (exact) mass is 344 g/mol. The number of benzene rings is 1. The highest BCUT2D eigenvalue weighted by Gasteiger charge is 2.07. The molecule has 2 aromatic rings. The van der Waals surface area contributed by atoms with Crippen LogP contribution in [0.15, 0.2) is 45.9 Å². The first kappa shape index (κ1) is 19.0. The second-order valence-electron chi connectivity index (χ2n) is 6.05. The number of nitrogens with zero attached hydrogens (tertiary/aromatic N) is 2. The van der Waals surface area contributed by atoms with Gasteiger partial charge in [0.15, 0.2) is 11.7 Å². The van der Waals surface area contributed by atoms with Crippen molar-refractivity contribution in [1.29, 1.82) is 0 Å². The Balaban J connectivity index is 1.63. The average molecular weight is 344 g/mol. The molecule has 0 radical (unpaired) electrons. The summed E-state index contributed by atoms with van der Waals surface area (Å²) in [6.45, 7) is 6.88. The number of ether oxygens (including phenoxy) is 1. The van der Waals surface area contributed by atoms with Crippen molar-refractivity contribution in [2.75, 3.05) is 20.2 Å². The molecule has 6 heteroatoms. The van der Waals surface area contributed by atoms with E-state index in [1.807, 2.05) is 24.3 Å². The molecule has 1 aromatic heterocycles. The van der Waals surface area contributed by atoms with Crippen LogP contribution in [-0.4, -0.2) is 31.3 Å². The summed E-state index contributed by atoms with van der Waals surface area (Å²) in [7, 11) is 1.75. The first-order chi connectivity index (χ1) is 12.2. The number of nitrogens with one attached hydrogen (secondary N) is 2. The lowest BCUT2D eigenvalue weighted by Crippen LogP contribution is -2.39. The lowest BCUT2D eigenvalue weighted by atomic mass is 10.2. The van der Waals surface area contributed by atoms with Gasteiger partial charge >= 0.3 is 0 Å². The minimum Gasteiger partial charge on any atom is -0.376 e. The summed E-state index contributed by atoms with van der Waals surface area (Å²) < 4.78 is 11.0. The third-order valence-corrected chi connectivity index (χ3v) is 3.76. The van der Waals surface area contributed by atoms with E-state index < -0.39 is 0 Å². The molecule has 0 saturated carbocycles. The quantitative estimate of drug-likeness (QED) is 0.541. The zero-order valence-corrected chi connectivity index (χ0v) is 15.3. The standard InChI is InChI=1S/C19H28N4O2/c1-4-17-10-18(25-23-17)12-22-19(20-3)21-11-15(2)13-24-14-16-8-6-5-7-9-16/h5-10,15H,4,11-14H2,1-3H3,(H2,20,21,22). The molecule has 2 N–H and O–H groups in total. The predicted molar refractivity (Wildman–Crippen MR) is 99.3 cm³/mol. The number of guanidine groups is 1. The largest absolute Gasteiger partial charge is 0.376 e. The lowest BCUT2D eigenvalue weighted by Gasteiger charge is -2.16. The van der Waals surface area contributed by atoms with Crippen molar-refractivity contribution in [3.8, 4) is 0 Å². The van der Waals surface area contributed by atoms with Gasteiger partial charge in [0.25, 0.3) is 0 Å².